The molecule has 0 N–H and O–H groups in total. The molecule has 6 nitrogen and oxygen atoms in total. The van der Waals surface area contributed by atoms with E-state index in [1.54, 1.807) is 29.7 Å². The minimum absolute atomic E-state index is 0.313. The van der Waals surface area contributed by atoms with Gasteiger partial charge in [-0.1, -0.05) is 17.4 Å². The number of rotatable bonds is 4. The highest BCUT2D eigenvalue weighted by molar-refractivity contribution is 7.91. The van der Waals surface area contributed by atoms with Gasteiger partial charge in [0.15, 0.2) is 15.0 Å². The summed E-state index contributed by atoms with van der Waals surface area (Å²) in [5.74, 6) is 0.575. The van der Waals surface area contributed by atoms with Gasteiger partial charge in [-0.2, -0.15) is 0 Å². The SMILES string of the molecule is CS(=O)(=O)c1cccc2sc(N3CC(Cn4ccnc4)C3)nc12. The van der Waals surface area contributed by atoms with Gasteiger partial charge in [0.25, 0.3) is 0 Å². The van der Waals surface area contributed by atoms with Gasteiger partial charge in [0.2, 0.25) is 0 Å². The number of aromatic nitrogens is 3. The summed E-state index contributed by atoms with van der Waals surface area (Å²) in [5.41, 5.74) is 0.591. The van der Waals surface area contributed by atoms with Gasteiger partial charge in [-0.15, -0.1) is 0 Å². The molecule has 1 aliphatic heterocycles. The molecule has 0 atom stereocenters. The first-order valence-corrected chi connectivity index (χ1v) is 10.0. The molecule has 3 aromatic rings. The molecule has 8 heteroatoms. The van der Waals surface area contributed by atoms with Crippen LogP contribution in [-0.2, 0) is 16.4 Å². The highest BCUT2D eigenvalue weighted by Crippen LogP contribution is 2.35. The van der Waals surface area contributed by atoms with Crippen LogP contribution in [0.5, 0.6) is 0 Å². The largest absolute Gasteiger partial charge is 0.347 e. The minimum Gasteiger partial charge on any atom is -0.347 e. The lowest BCUT2D eigenvalue weighted by Crippen LogP contribution is -2.48. The molecular weight excluding hydrogens is 332 g/mol. The smallest absolute Gasteiger partial charge is 0.186 e. The van der Waals surface area contributed by atoms with Crippen molar-refractivity contribution in [1.82, 2.24) is 14.5 Å². The van der Waals surface area contributed by atoms with E-state index < -0.39 is 9.84 Å². The number of sulfone groups is 1. The first kappa shape index (κ1) is 14.6. The molecule has 0 spiro atoms. The second kappa shape index (κ2) is 5.31. The van der Waals surface area contributed by atoms with E-state index in [0.717, 1.165) is 29.5 Å². The molecule has 0 radical (unpaired) electrons. The Bertz CT molecular complexity index is 941. The second-order valence-electron chi connectivity index (χ2n) is 5.90. The van der Waals surface area contributed by atoms with E-state index in [2.05, 4.69) is 19.4 Å². The standard InChI is InChI=1S/C15H16N4O2S2/c1-23(20,21)13-4-2-3-12-14(13)17-15(22-12)19-8-11(9-19)7-18-6-5-16-10-18/h2-6,10-11H,7-9H2,1H3. The van der Waals surface area contributed by atoms with Crippen molar-refractivity contribution >= 4 is 36.5 Å². The van der Waals surface area contributed by atoms with Crippen LogP contribution in [0.4, 0.5) is 5.13 Å². The van der Waals surface area contributed by atoms with Gasteiger partial charge in [-0.05, 0) is 12.1 Å². The van der Waals surface area contributed by atoms with E-state index in [-0.39, 0.29) is 0 Å². The molecule has 1 saturated heterocycles. The zero-order valence-electron chi connectivity index (χ0n) is 12.6. The van der Waals surface area contributed by atoms with Crippen LogP contribution in [0.2, 0.25) is 0 Å². The molecule has 0 aliphatic carbocycles. The summed E-state index contributed by atoms with van der Waals surface area (Å²) in [6, 6.07) is 5.33. The minimum atomic E-state index is -3.26. The molecule has 23 heavy (non-hydrogen) atoms. The average Bonchev–Trinajstić information content (AvgIpc) is 3.09. The average molecular weight is 348 g/mol. The predicted octanol–water partition coefficient (Wildman–Crippen LogP) is 2.03. The Morgan fingerprint density at radius 2 is 2.17 bits per heavy atom. The first-order valence-electron chi connectivity index (χ1n) is 7.31. The van der Waals surface area contributed by atoms with Gasteiger partial charge in [0.1, 0.15) is 5.52 Å². The molecule has 0 bridgehead atoms. The molecule has 1 aliphatic rings. The molecular formula is C15H16N4O2S2. The van der Waals surface area contributed by atoms with Crippen molar-refractivity contribution in [3.05, 3.63) is 36.9 Å². The highest BCUT2D eigenvalue weighted by Gasteiger charge is 2.29. The fourth-order valence-corrected chi connectivity index (χ4v) is 4.79. The van der Waals surface area contributed by atoms with Crippen LogP contribution in [-0.4, -0.2) is 42.3 Å². The lowest BCUT2D eigenvalue weighted by Gasteiger charge is -2.39. The summed E-state index contributed by atoms with van der Waals surface area (Å²) in [7, 11) is -3.26. The quantitative estimate of drug-likeness (QED) is 0.722. The molecule has 0 amide bonds. The van der Waals surface area contributed by atoms with Crippen molar-refractivity contribution in [2.75, 3.05) is 24.2 Å². The summed E-state index contributed by atoms with van der Waals surface area (Å²) in [6.45, 7) is 2.83. The molecule has 0 saturated carbocycles. The number of imidazole rings is 1. The van der Waals surface area contributed by atoms with Crippen LogP contribution in [0.3, 0.4) is 0 Å². The summed E-state index contributed by atoms with van der Waals surface area (Å²) in [6.07, 6.45) is 6.82. The van der Waals surface area contributed by atoms with Crippen LogP contribution in [0.15, 0.2) is 41.8 Å². The second-order valence-corrected chi connectivity index (χ2v) is 8.90. The number of hydrogen-bond donors (Lipinski definition) is 0. The first-order chi connectivity index (χ1) is 11.0. The van der Waals surface area contributed by atoms with E-state index in [4.69, 9.17) is 0 Å². The van der Waals surface area contributed by atoms with Gasteiger partial charge in [0.05, 0.1) is 15.9 Å². The van der Waals surface area contributed by atoms with Crippen molar-refractivity contribution in [1.29, 1.82) is 0 Å². The number of benzene rings is 1. The fourth-order valence-electron chi connectivity index (χ4n) is 2.88. The molecule has 1 aromatic carbocycles. The number of anilines is 1. The van der Waals surface area contributed by atoms with E-state index in [9.17, 15) is 8.42 Å². The predicted molar refractivity (Wildman–Crippen MR) is 90.7 cm³/mol. The molecule has 120 valence electrons. The maximum Gasteiger partial charge on any atom is 0.186 e. The molecule has 3 heterocycles. The molecule has 4 rings (SSSR count). The lowest BCUT2D eigenvalue weighted by atomic mass is 10.0. The number of para-hydroxylation sites is 1. The third kappa shape index (κ3) is 2.72. The summed E-state index contributed by atoms with van der Waals surface area (Å²) in [5, 5.41) is 0.901. The van der Waals surface area contributed by atoms with Gasteiger partial charge < -0.3 is 9.47 Å². The third-order valence-electron chi connectivity index (χ3n) is 4.03. The zero-order chi connectivity index (χ0) is 16.0. The number of hydrogen-bond acceptors (Lipinski definition) is 6. The van der Waals surface area contributed by atoms with Gasteiger partial charge in [-0.3, -0.25) is 0 Å². The van der Waals surface area contributed by atoms with Gasteiger partial charge in [-0.25, -0.2) is 18.4 Å². The van der Waals surface area contributed by atoms with E-state index >= 15 is 0 Å². The normalized spacial score (nSPS) is 16.0. The monoisotopic (exact) mass is 348 g/mol. The van der Waals surface area contributed by atoms with Crippen molar-refractivity contribution < 1.29 is 8.42 Å². The number of nitrogens with zero attached hydrogens (tertiary/aromatic N) is 4. The summed E-state index contributed by atoms with van der Waals surface area (Å²) >= 11 is 1.55. The van der Waals surface area contributed by atoms with Crippen LogP contribution >= 0.6 is 11.3 Å². The van der Waals surface area contributed by atoms with E-state index in [1.165, 1.54) is 6.26 Å². The Hall–Kier alpha value is -1.93. The van der Waals surface area contributed by atoms with Crippen LogP contribution < -0.4 is 4.90 Å². The van der Waals surface area contributed by atoms with Crippen LogP contribution in [0.1, 0.15) is 0 Å². The summed E-state index contributed by atoms with van der Waals surface area (Å²) < 4.78 is 26.8. The topological polar surface area (TPSA) is 68.1 Å². The van der Waals surface area contributed by atoms with Gasteiger partial charge in [0, 0.05) is 44.2 Å². The van der Waals surface area contributed by atoms with E-state index in [0.29, 0.717) is 16.3 Å². The maximum atomic E-state index is 11.9. The fraction of sp³-hybridized carbons (Fsp3) is 0.333. The maximum absolute atomic E-state index is 11.9. The van der Waals surface area contributed by atoms with E-state index in [1.807, 2.05) is 18.6 Å². The third-order valence-corrected chi connectivity index (χ3v) is 6.24. The Morgan fingerprint density at radius 1 is 1.35 bits per heavy atom. The van der Waals surface area contributed by atoms with Crippen LogP contribution in [0, 0.1) is 5.92 Å². The Balaban J connectivity index is 1.55. The lowest BCUT2D eigenvalue weighted by molar-refractivity contribution is 0.357. The van der Waals surface area contributed by atoms with Crippen molar-refractivity contribution in [3.8, 4) is 0 Å². The Morgan fingerprint density at radius 3 is 2.87 bits per heavy atom. The zero-order valence-corrected chi connectivity index (χ0v) is 14.2. The molecule has 1 fully saturated rings. The van der Waals surface area contributed by atoms with Crippen LogP contribution in [0.25, 0.3) is 10.2 Å². The molecule has 0 unspecified atom stereocenters. The number of thiazole rings is 1. The van der Waals surface area contributed by atoms with Crippen molar-refractivity contribution in [3.63, 3.8) is 0 Å². The Labute approximate surface area is 138 Å². The number of fused-ring (bicyclic) bond motifs is 1. The van der Waals surface area contributed by atoms with Gasteiger partial charge >= 0.3 is 0 Å². The molecule has 2 aromatic heterocycles. The van der Waals surface area contributed by atoms with Crippen molar-refractivity contribution in [2.45, 2.75) is 11.4 Å². The summed E-state index contributed by atoms with van der Waals surface area (Å²) in [4.78, 5) is 11.2. The van der Waals surface area contributed by atoms with Crippen molar-refractivity contribution in [2.24, 2.45) is 5.92 Å². The highest BCUT2D eigenvalue weighted by atomic mass is 32.2. The Kier molecular flexibility index (Phi) is 3.38.